The van der Waals surface area contributed by atoms with E-state index in [0.717, 1.165) is 52.8 Å². The predicted octanol–water partition coefficient (Wildman–Crippen LogP) is 8.30. The van der Waals surface area contributed by atoms with E-state index in [4.69, 9.17) is 9.84 Å². The molecule has 0 bridgehead atoms. The van der Waals surface area contributed by atoms with Gasteiger partial charge in [-0.05, 0) is 91.3 Å². The third-order valence-electron chi connectivity index (χ3n) is 6.94. The van der Waals surface area contributed by atoms with Gasteiger partial charge in [-0.3, -0.25) is 9.59 Å². The fraction of sp³-hybridized carbons (Fsp3) is 0.353. The lowest BCUT2D eigenvalue weighted by Crippen LogP contribution is -2.26. The third-order valence-corrected chi connectivity index (χ3v) is 6.94. The number of ether oxygens (including phenoxy) is 1. The summed E-state index contributed by atoms with van der Waals surface area (Å²) >= 11 is 0. The van der Waals surface area contributed by atoms with E-state index in [1.54, 1.807) is 12.1 Å². The van der Waals surface area contributed by atoms with Gasteiger partial charge in [0, 0.05) is 12.1 Å². The number of carboxylic acid groups (broad SMARTS) is 1. The van der Waals surface area contributed by atoms with Crippen LogP contribution < -0.4 is 10.1 Å². The highest BCUT2D eigenvalue weighted by molar-refractivity contribution is 5.94. The van der Waals surface area contributed by atoms with Crippen LogP contribution in [0.25, 0.3) is 16.7 Å². The highest BCUT2D eigenvalue weighted by Crippen LogP contribution is 2.34. The van der Waals surface area contributed by atoms with E-state index >= 15 is 0 Å². The fourth-order valence-electron chi connectivity index (χ4n) is 4.82. The second-order valence-corrected chi connectivity index (χ2v) is 10.3. The van der Waals surface area contributed by atoms with Crippen LogP contribution in [0.15, 0.2) is 67.2 Å². The largest absolute Gasteiger partial charge is 0.486 e. The first kappa shape index (κ1) is 29.7. The highest BCUT2D eigenvalue weighted by atomic mass is 16.5. The molecule has 0 saturated heterocycles. The zero-order valence-corrected chi connectivity index (χ0v) is 23.7. The van der Waals surface area contributed by atoms with Gasteiger partial charge in [-0.2, -0.15) is 0 Å². The summed E-state index contributed by atoms with van der Waals surface area (Å²) in [5.41, 5.74) is 8.42. The van der Waals surface area contributed by atoms with Gasteiger partial charge in [-0.25, -0.2) is 0 Å². The highest BCUT2D eigenvalue weighted by Gasteiger charge is 2.17. The van der Waals surface area contributed by atoms with Crippen molar-refractivity contribution in [2.45, 2.75) is 72.3 Å². The standard InChI is InChI=1S/C34H41NO4/c1-6-7-8-9-10-31(27-13-17-29(18-14-27)34(38)35-20-19-32(36)37)39-30-21-24(4)33(25(5)22-30)28-15-11-26(12-16-28)23(2)3/h11-18,21-22,31H,2,6-10,19-20H2,1,3-5H3,(H,35,38)(H,36,37). The minimum Gasteiger partial charge on any atom is -0.486 e. The van der Waals surface area contributed by atoms with Gasteiger partial charge in [0.2, 0.25) is 0 Å². The van der Waals surface area contributed by atoms with Crippen LogP contribution in [0.2, 0.25) is 0 Å². The molecule has 1 unspecified atom stereocenters. The minimum atomic E-state index is -0.937. The molecule has 2 N–H and O–H groups in total. The van der Waals surface area contributed by atoms with Crippen LogP contribution in [0, 0.1) is 13.8 Å². The van der Waals surface area contributed by atoms with Crippen molar-refractivity contribution in [1.29, 1.82) is 0 Å². The molecule has 0 aromatic heterocycles. The van der Waals surface area contributed by atoms with Crippen LogP contribution in [0.5, 0.6) is 5.75 Å². The molecule has 39 heavy (non-hydrogen) atoms. The summed E-state index contributed by atoms with van der Waals surface area (Å²) < 4.78 is 6.60. The van der Waals surface area contributed by atoms with Gasteiger partial charge < -0.3 is 15.2 Å². The number of hydrogen-bond acceptors (Lipinski definition) is 3. The minimum absolute atomic E-state index is 0.102. The Hall–Kier alpha value is -3.86. The van der Waals surface area contributed by atoms with Gasteiger partial charge in [0.15, 0.2) is 0 Å². The Bertz CT molecular complexity index is 1250. The Morgan fingerprint density at radius 2 is 1.54 bits per heavy atom. The number of unbranched alkanes of at least 4 members (excludes halogenated alkanes) is 3. The van der Waals surface area contributed by atoms with E-state index in [9.17, 15) is 9.59 Å². The first-order chi connectivity index (χ1) is 18.7. The lowest BCUT2D eigenvalue weighted by atomic mass is 9.94. The van der Waals surface area contributed by atoms with E-state index in [2.05, 4.69) is 69.1 Å². The van der Waals surface area contributed by atoms with Gasteiger partial charge >= 0.3 is 5.97 Å². The normalized spacial score (nSPS) is 11.6. The lowest BCUT2D eigenvalue weighted by molar-refractivity contribution is -0.136. The van der Waals surface area contributed by atoms with Crippen LogP contribution in [-0.4, -0.2) is 23.5 Å². The van der Waals surface area contributed by atoms with Gasteiger partial charge in [0.25, 0.3) is 5.91 Å². The van der Waals surface area contributed by atoms with Crippen molar-refractivity contribution in [2.24, 2.45) is 0 Å². The quantitative estimate of drug-likeness (QED) is 0.207. The zero-order chi connectivity index (χ0) is 28.4. The maximum Gasteiger partial charge on any atom is 0.305 e. The van der Waals surface area contributed by atoms with Crippen molar-refractivity contribution < 1.29 is 19.4 Å². The number of carbonyl (C=O) groups is 2. The third kappa shape index (κ3) is 8.57. The molecule has 0 fully saturated rings. The molecule has 0 radical (unpaired) electrons. The average Bonchev–Trinajstić information content (AvgIpc) is 2.90. The lowest BCUT2D eigenvalue weighted by Gasteiger charge is -2.22. The number of rotatable bonds is 14. The van der Waals surface area contributed by atoms with Crippen molar-refractivity contribution in [3.05, 3.63) is 95.1 Å². The number of carboxylic acids is 1. The molecule has 0 aliphatic rings. The summed E-state index contributed by atoms with van der Waals surface area (Å²) in [6.07, 6.45) is 5.22. The second kappa shape index (κ2) is 14.3. The maximum absolute atomic E-state index is 12.4. The van der Waals surface area contributed by atoms with Gasteiger partial charge in [0.1, 0.15) is 11.9 Å². The molecular formula is C34H41NO4. The monoisotopic (exact) mass is 527 g/mol. The summed E-state index contributed by atoms with van der Waals surface area (Å²) in [6.45, 7) is 12.6. The molecule has 206 valence electrons. The van der Waals surface area contributed by atoms with Crippen LogP contribution in [-0.2, 0) is 4.79 Å². The van der Waals surface area contributed by atoms with Crippen LogP contribution in [0.1, 0.15) is 91.1 Å². The Morgan fingerprint density at radius 3 is 2.10 bits per heavy atom. The predicted molar refractivity (Wildman–Crippen MR) is 159 cm³/mol. The SMILES string of the molecule is C=C(C)c1ccc(-c2c(C)cc(OC(CCCCCC)c3ccc(C(=O)NCCC(=O)O)cc3)cc2C)cc1. The number of carbonyl (C=O) groups excluding carboxylic acids is 1. The van der Waals surface area contributed by atoms with Crippen LogP contribution in [0.3, 0.4) is 0 Å². The van der Waals surface area contributed by atoms with Crippen molar-refractivity contribution >= 4 is 17.4 Å². The van der Waals surface area contributed by atoms with Crippen LogP contribution >= 0.6 is 0 Å². The number of allylic oxidation sites excluding steroid dienone is 1. The summed E-state index contributed by atoms with van der Waals surface area (Å²) in [6, 6.07) is 20.2. The molecule has 0 aliphatic heterocycles. The van der Waals surface area contributed by atoms with Crippen molar-refractivity contribution in [1.82, 2.24) is 5.32 Å². The number of amides is 1. The number of aliphatic carboxylic acids is 1. The number of nitrogens with one attached hydrogen (secondary N) is 1. The Balaban J connectivity index is 1.80. The van der Waals surface area contributed by atoms with Gasteiger partial charge in [-0.1, -0.05) is 74.7 Å². The van der Waals surface area contributed by atoms with E-state index < -0.39 is 5.97 Å². The first-order valence-corrected chi connectivity index (χ1v) is 13.8. The molecule has 5 heteroatoms. The Morgan fingerprint density at radius 1 is 0.923 bits per heavy atom. The van der Waals surface area contributed by atoms with E-state index in [1.165, 1.54) is 24.0 Å². The first-order valence-electron chi connectivity index (χ1n) is 13.8. The fourth-order valence-corrected chi connectivity index (χ4v) is 4.82. The zero-order valence-electron chi connectivity index (χ0n) is 23.7. The van der Waals surface area contributed by atoms with Crippen molar-refractivity contribution in [3.63, 3.8) is 0 Å². The summed E-state index contributed by atoms with van der Waals surface area (Å²) in [4.78, 5) is 23.1. The molecule has 3 aromatic carbocycles. The summed E-state index contributed by atoms with van der Waals surface area (Å²) in [7, 11) is 0. The molecule has 1 amide bonds. The summed E-state index contributed by atoms with van der Waals surface area (Å²) in [5, 5.41) is 11.4. The molecular weight excluding hydrogens is 486 g/mol. The topological polar surface area (TPSA) is 75.6 Å². The maximum atomic E-state index is 12.4. The molecule has 1 atom stereocenters. The van der Waals surface area contributed by atoms with E-state index in [0.29, 0.717) is 5.56 Å². The second-order valence-electron chi connectivity index (χ2n) is 10.3. The van der Waals surface area contributed by atoms with Crippen LogP contribution in [0.4, 0.5) is 0 Å². The smallest absolute Gasteiger partial charge is 0.305 e. The van der Waals surface area contributed by atoms with E-state index in [-0.39, 0.29) is 25.0 Å². The van der Waals surface area contributed by atoms with Gasteiger partial charge in [-0.15, -0.1) is 0 Å². The Kier molecular flexibility index (Phi) is 10.9. The average molecular weight is 528 g/mol. The molecule has 5 nitrogen and oxygen atoms in total. The molecule has 0 saturated carbocycles. The molecule has 3 aromatic rings. The molecule has 0 aliphatic carbocycles. The molecule has 0 spiro atoms. The van der Waals surface area contributed by atoms with Gasteiger partial charge in [0.05, 0.1) is 6.42 Å². The molecule has 3 rings (SSSR count). The van der Waals surface area contributed by atoms with Crippen molar-refractivity contribution in [2.75, 3.05) is 6.54 Å². The number of benzene rings is 3. The number of hydrogen-bond donors (Lipinski definition) is 2. The molecule has 0 heterocycles. The number of aryl methyl sites for hydroxylation is 2. The van der Waals surface area contributed by atoms with Crippen molar-refractivity contribution in [3.8, 4) is 16.9 Å². The summed E-state index contributed by atoms with van der Waals surface area (Å²) in [5.74, 6) is -0.377. The van der Waals surface area contributed by atoms with E-state index in [1.807, 2.05) is 19.1 Å². The Labute approximate surface area is 232 Å².